The predicted octanol–water partition coefficient (Wildman–Crippen LogP) is 4.55. The van der Waals surface area contributed by atoms with E-state index in [0.717, 1.165) is 17.8 Å². The molecule has 3 aromatic rings. The lowest BCUT2D eigenvalue weighted by atomic mass is 10.1. The van der Waals surface area contributed by atoms with Crippen LogP contribution in [0.5, 0.6) is 0 Å². The van der Waals surface area contributed by atoms with Crippen LogP contribution in [0.25, 0.3) is 0 Å². The average Bonchev–Trinajstić information content (AvgIpc) is 2.73. The molecule has 2 amide bonds. The number of amides is 2. The van der Waals surface area contributed by atoms with Crippen molar-refractivity contribution in [2.45, 2.75) is 13.3 Å². The minimum Gasteiger partial charge on any atom is -0.376 e. The molecule has 3 N–H and O–H groups in total. The Hall–Kier alpha value is -3.60. The number of benzene rings is 3. The smallest absolute Gasteiger partial charge is 0.257 e. The molecule has 0 radical (unpaired) electrons. The van der Waals surface area contributed by atoms with Crippen LogP contribution in [0, 0.1) is 0 Å². The summed E-state index contributed by atoms with van der Waals surface area (Å²) in [6.45, 7) is 2.15. The van der Waals surface area contributed by atoms with E-state index in [0.29, 0.717) is 11.3 Å². The Morgan fingerprint density at radius 2 is 1.39 bits per heavy atom. The molecule has 0 spiro atoms. The average molecular weight is 373 g/mol. The van der Waals surface area contributed by atoms with E-state index >= 15 is 0 Å². The monoisotopic (exact) mass is 373 g/mol. The first kappa shape index (κ1) is 19.2. The second kappa shape index (κ2) is 9.37. The van der Waals surface area contributed by atoms with Crippen LogP contribution >= 0.6 is 0 Å². The minimum absolute atomic E-state index is 0.0599. The molecular formula is C23H23N3O2. The molecule has 0 saturated heterocycles. The van der Waals surface area contributed by atoms with E-state index in [1.807, 2.05) is 60.7 Å². The van der Waals surface area contributed by atoms with Gasteiger partial charge in [0.1, 0.15) is 0 Å². The molecule has 0 saturated carbocycles. The maximum Gasteiger partial charge on any atom is 0.257 e. The van der Waals surface area contributed by atoms with E-state index in [-0.39, 0.29) is 18.4 Å². The SMILES string of the molecule is CCc1ccc(NC(=O)c2ccccc2NCC(=O)Nc2ccccc2)cc1. The largest absolute Gasteiger partial charge is 0.376 e. The van der Waals surface area contributed by atoms with Gasteiger partial charge in [-0.05, 0) is 48.4 Å². The van der Waals surface area contributed by atoms with Gasteiger partial charge in [0.05, 0.1) is 12.1 Å². The maximum absolute atomic E-state index is 12.7. The van der Waals surface area contributed by atoms with Crippen LogP contribution in [0.3, 0.4) is 0 Å². The van der Waals surface area contributed by atoms with Crippen LogP contribution < -0.4 is 16.0 Å². The molecule has 0 atom stereocenters. The second-order valence-electron chi connectivity index (χ2n) is 6.32. The van der Waals surface area contributed by atoms with Crippen molar-refractivity contribution in [2.24, 2.45) is 0 Å². The normalized spacial score (nSPS) is 10.2. The highest BCUT2D eigenvalue weighted by Gasteiger charge is 2.12. The van der Waals surface area contributed by atoms with Gasteiger partial charge in [-0.2, -0.15) is 0 Å². The number of para-hydroxylation sites is 2. The number of rotatable bonds is 7. The van der Waals surface area contributed by atoms with Gasteiger partial charge < -0.3 is 16.0 Å². The van der Waals surface area contributed by atoms with Gasteiger partial charge in [-0.15, -0.1) is 0 Å². The highest BCUT2D eigenvalue weighted by Crippen LogP contribution is 2.18. The number of hydrogen-bond donors (Lipinski definition) is 3. The molecule has 0 fully saturated rings. The van der Waals surface area contributed by atoms with Crippen LogP contribution in [0.1, 0.15) is 22.8 Å². The number of carbonyl (C=O) groups excluding carboxylic acids is 2. The van der Waals surface area contributed by atoms with Gasteiger partial charge in [-0.1, -0.05) is 49.4 Å². The Bertz CT molecular complexity index is 938. The summed E-state index contributed by atoms with van der Waals surface area (Å²) in [6, 6.07) is 24.1. The lowest BCUT2D eigenvalue weighted by Crippen LogP contribution is -2.23. The molecule has 0 heterocycles. The summed E-state index contributed by atoms with van der Waals surface area (Å²) in [5, 5.41) is 8.75. The van der Waals surface area contributed by atoms with Crippen LogP contribution in [0.4, 0.5) is 17.1 Å². The highest BCUT2D eigenvalue weighted by atomic mass is 16.2. The fourth-order valence-corrected chi connectivity index (χ4v) is 2.76. The van der Waals surface area contributed by atoms with Crippen molar-refractivity contribution in [2.75, 3.05) is 22.5 Å². The quantitative estimate of drug-likeness (QED) is 0.569. The summed E-state index contributed by atoms with van der Waals surface area (Å²) in [5.74, 6) is -0.410. The summed E-state index contributed by atoms with van der Waals surface area (Å²) < 4.78 is 0. The van der Waals surface area contributed by atoms with Crippen LogP contribution in [-0.4, -0.2) is 18.4 Å². The highest BCUT2D eigenvalue weighted by molar-refractivity contribution is 6.08. The lowest BCUT2D eigenvalue weighted by Gasteiger charge is -2.13. The fourth-order valence-electron chi connectivity index (χ4n) is 2.76. The molecule has 0 aliphatic rings. The Kier molecular flexibility index (Phi) is 6.41. The van der Waals surface area contributed by atoms with E-state index in [1.165, 1.54) is 5.56 Å². The predicted molar refractivity (Wildman–Crippen MR) is 114 cm³/mol. The first-order chi connectivity index (χ1) is 13.7. The van der Waals surface area contributed by atoms with Crippen molar-refractivity contribution in [3.8, 4) is 0 Å². The maximum atomic E-state index is 12.7. The zero-order valence-corrected chi connectivity index (χ0v) is 15.7. The summed E-state index contributed by atoms with van der Waals surface area (Å²) >= 11 is 0. The minimum atomic E-state index is -0.226. The van der Waals surface area contributed by atoms with Crippen molar-refractivity contribution in [3.05, 3.63) is 90.0 Å². The Balaban J connectivity index is 1.63. The lowest BCUT2D eigenvalue weighted by molar-refractivity contribution is -0.114. The van der Waals surface area contributed by atoms with Crippen LogP contribution in [0.15, 0.2) is 78.9 Å². The fraction of sp³-hybridized carbons (Fsp3) is 0.130. The van der Waals surface area contributed by atoms with Crippen LogP contribution in [-0.2, 0) is 11.2 Å². The number of aryl methyl sites for hydroxylation is 1. The second-order valence-corrected chi connectivity index (χ2v) is 6.32. The zero-order chi connectivity index (χ0) is 19.8. The molecule has 5 heteroatoms. The molecule has 3 aromatic carbocycles. The van der Waals surface area contributed by atoms with Gasteiger partial charge in [-0.3, -0.25) is 9.59 Å². The number of carbonyl (C=O) groups is 2. The van der Waals surface area contributed by atoms with Gasteiger partial charge in [0, 0.05) is 17.1 Å². The molecular weight excluding hydrogens is 350 g/mol. The van der Waals surface area contributed by atoms with Gasteiger partial charge in [0.15, 0.2) is 0 Å². The molecule has 0 bridgehead atoms. The van der Waals surface area contributed by atoms with Gasteiger partial charge >= 0.3 is 0 Å². The van der Waals surface area contributed by atoms with E-state index in [2.05, 4.69) is 22.9 Å². The molecule has 142 valence electrons. The van der Waals surface area contributed by atoms with Crippen molar-refractivity contribution in [1.29, 1.82) is 0 Å². The number of anilines is 3. The van der Waals surface area contributed by atoms with E-state index in [4.69, 9.17) is 0 Å². The molecule has 0 unspecified atom stereocenters. The molecule has 0 aromatic heterocycles. The Morgan fingerprint density at radius 1 is 0.750 bits per heavy atom. The molecule has 3 rings (SSSR count). The number of nitrogens with one attached hydrogen (secondary N) is 3. The number of hydrogen-bond acceptors (Lipinski definition) is 3. The third kappa shape index (κ3) is 5.20. The van der Waals surface area contributed by atoms with Gasteiger partial charge in [-0.25, -0.2) is 0 Å². The Morgan fingerprint density at radius 3 is 2.11 bits per heavy atom. The zero-order valence-electron chi connectivity index (χ0n) is 15.7. The van der Waals surface area contributed by atoms with Crippen molar-refractivity contribution in [1.82, 2.24) is 0 Å². The molecule has 0 aliphatic carbocycles. The summed E-state index contributed by atoms with van der Waals surface area (Å²) in [4.78, 5) is 24.8. The molecule has 5 nitrogen and oxygen atoms in total. The summed E-state index contributed by atoms with van der Waals surface area (Å²) in [5.41, 5.74) is 3.77. The molecule has 0 aliphatic heterocycles. The van der Waals surface area contributed by atoms with E-state index in [9.17, 15) is 9.59 Å². The topological polar surface area (TPSA) is 70.2 Å². The third-order valence-electron chi connectivity index (χ3n) is 4.29. The third-order valence-corrected chi connectivity index (χ3v) is 4.29. The summed E-state index contributed by atoms with van der Waals surface area (Å²) in [6.07, 6.45) is 0.950. The van der Waals surface area contributed by atoms with Gasteiger partial charge in [0.2, 0.25) is 5.91 Å². The van der Waals surface area contributed by atoms with Crippen molar-refractivity contribution < 1.29 is 9.59 Å². The Labute approximate surface area is 164 Å². The van der Waals surface area contributed by atoms with Crippen molar-refractivity contribution >= 4 is 28.9 Å². The summed E-state index contributed by atoms with van der Waals surface area (Å²) in [7, 11) is 0. The molecule has 28 heavy (non-hydrogen) atoms. The van der Waals surface area contributed by atoms with E-state index in [1.54, 1.807) is 18.2 Å². The standard InChI is InChI=1S/C23H23N3O2/c1-2-17-12-14-19(15-13-17)26-23(28)20-10-6-7-11-21(20)24-16-22(27)25-18-8-4-3-5-9-18/h3-15,24H,2,16H2,1H3,(H,25,27)(H,26,28). The van der Waals surface area contributed by atoms with Crippen LogP contribution in [0.2, 0.25) is 0 Å². The first-order valence-electron chi connectivity index (χ1n) is 9.24. The van der Waals surface area contributed by atoms with Gasteiger partial charge in [0.25, 0.3) is 5.91 Å². The first-order valence-corrected chi connectivity index (χ1v) is 9.24. The van der Waals surface area contributed by atoms with E-state index < -0.39 is 0 Å². The van der Waals surface area contributed by atoms with Crippen molar-refractivity contribution in [3.63, 3.8) is 0 Å².